The van der Waals surface area contributed by atoms with Crippen LogP contribution in [0.15, 0.2) is 47.8 Å². The van der Waals surface area contributed by atoms with Gasteiger partial charge in [-0.25, -0.2) is 4.57 Å². The Morgan fingerprint density at radius 1 is 1.10 bits per heavy atom. The van der Waals surface area contributed by atoms with E-state index in [1.807, 2.05) is 11.4 Å². The lowest BCUT2D eigenvalue weighted by molar-refractivity contribution is 0.0665. The number of phosphoric acid groups is 1. The summed E-state index contributed by atoms with van der Waals surface area (Å²) in [6.45, 7) is 0. The van der Waals surface area contributed by atoms with Gasteiger partial charge in [0.05, 0.1) is 0 Å². The maximum atomic E-state index is 12.6. The minimum Gasteiger partial charge on any atom is -0.291 e. The van der Waals surface area contributed by atoms with Crippen LogP contribution in [0.1, 0.15) is 21.3 Å². The largest absolute Gasteiger partial charge is 0.475 e. The van der Waals surface area contributed by atoms with Crippen molar-refractivity contribution in [3.05, 3.63) is 58.3 Å². The second-order valence-electron chi connectivity index (χ2n) is 4.04. The van der Waals surface area contributed by atoms with Crippen molar-refractivity contribution in [2.24, 2.45) is 0 Å². The van der Waals surface area contributed by atoms with Gasteiger partial charge in [-0.15, -0.1) is 11.3 Å². The van der Waals surface area contributed by atoms with E-state index < -0.39 is 13.9 Å². The first-order chi connectivity index (χ1) is 10.1. The van der Waals surface area contributed by atoms with Gasteiger partial charge in [-0.05, 0) is 11.4 Å². The molecule has 1 unspecified atom stereocenters. The Balaban J connectivity index is 2.34. The van der Waals surface area contributed by atoms with E-state index in [0.29, 0.717) is 10.4 Å². The first-order valence-electron chi connectivity index (χ1n) is 6.12. The van der Waals surface area contributed by atoms with Crippen LogP contribution in [0.4, 0.5) is 0 Å². The van der Waals surface area contributed by atoms with E-state index >= 15 is 0 Å². The number of ketones is 1. The number of rotatable bonds is 7. The standard InChI is InChI=1S/C14H15O5PS/c1-17-20(16,18-2)19-14(12-9-6-10-21-12)13(15)11-7-4-3-5-8-11/h3-10,14H,1-2H3. The van der Waals surface area contributed by atoms with Crippen molar-refractivity contribution in [1.82, 2.24) is 0 Å². The predicted octanol–water partition coefficient (Wildman–Crippen LogP) is 4.09. The highest BCUT2D eigenvalue weighted by Crippen LogP contribution is 2.52. The number of thiophene rings is 1. The second kappa shape index (κ2) is 7.11. The summed E-state index contributed by atoms with van der Waals surface area (Å²) in [7, 11) is -1.34. The molecule has 112 valence electrons. The fourth-order valence-electron chi connectivity index (χ4n) is 1.71. The molecule has 1 aromatic heterocycles. The quantitative estimate of drug-likeness (QED) is 0.566. The molecule has 2 rings (SSSR count). The molecule has 0 saturated heterocycles. The Morgan fingerprint density at radius 2 is 1.76 bits per heavy atom. The summed E-state index contributed by atoms with van der Waals surface area (Å²) in [5, 5.41) is 1.81. The lowest BCUT2D eigenvalue weighted by Crippen LogP contribution is -2.15. The Bertz CT molecular complexity index is 618. The van der Waals surface area contributed by atoms with Gasteiger partial charge in [0.15, 0.2) is 11.9 Å². The van der Waals surface area contributed by atoms with Crippen molar-refractivity contribution in [3.63, 3.8) is 0 Å². The zero-order valence-corrected chi connectivity index (χ0v) is 13.3. The van der Waals surface area contributed by atoms with Gasteiger partial charge in [0, 0.05) is 24.7 Å². The number of Topliss-reactive ketones (excluding diaryl/α,β-unsaturated/α-hetero) is 1. The third-order valence-corrected chi connectivity index (χ3v) is 5.06. The molecule has 0 amide bonds. The minimum absolute atomic E-state index is 0.299. The van der Waals surface area contributed by atoms with E-state index in [9.17, 15) is 9.36 Å². The van der Waals surface area contributed by atoms with Crippen molar-refractivity contribution in [3.8, 4) is 0 Å². The Morgan fingerprint density at radius 3 is 2.29 bits per heavy atom. The molecule has 21 heavy (non-hydrogen) atoms. The zero-order valence-electron chi connectivity index (χ0n) is 11.6. The molecular weight excluding hydrogens is 311 g/mol. The summed E-state index contributed by atoms with van der Waals surface area (Å²) in [5.74, 6) is -0.299. The average molecular weight is 326 g/mol. The molecular formula is C14H15O5PS. The molecule has 1 heterocycles. The molecule has 1 atom stereocenters. The molecule has 0 N–H and O–H groups in total. The average Bonchev–Trinajstić information content (AvgIpc) is 3.07. The highest BCUT2D eigenvalue weighted by Gasteiger charge is 2.34. The van der Waals surface area contributed by atoms with E-state index in [1.165, 1.54) is 25.6 Å². The zero-order chi connectivity index (χ0) is 15.3. The summed E-state index contributed by atoms with van der Waals surface area (Å²) in [4.78, 5) is 13.2. The summed E-state index contributed by atoms with van der Waals surface area (Å²) < 4.78 is 27.1. The van der Waals surface area contributed by atoms with Crippen LogP contribution in [0, 0.1) is 0 Å². The Hall–Kier alpha value is -1.30. The fourth-order valence-corrected chi connectivity index (χ4v) is 3.32. The van der Waals surface area contributed by atoms with Gasteiger partial charge in [0.2, 0.25) is 0 Å². The molecule has 7 heteroatoms. The third kappa shape index (κ3) is 3.87. The summed E-state index contributed by atoms with van der Waals surface area (Å²) >= 11 is 1.34. The van der Waals surface area contributed by atoms with E-state index in [0.717, 1.165) is 0 Å². The molecule has 1 aromatic carbocycles. The fraction of sp³-hybridized carbons (Fsp3) is 0.214. The topological polar surface area (TPSA) is 61.8 Å². The molecule has 0 fully saturated rings. The number of carbonyl (C=O) groups excluding carboxylic acids is 1. The van der Waals surface area contributed by atoms with Gasteiger partial charge in [0.25, 0.3) is 0 Å². The van der Waals surface area contributed by atoms with E-state index in [1.54, 1.807) is 36.4 Å². The maximum Gasteiger partial charge on any atom is 0.475 e. The van der Waals surface area contributed by atoms with Crippen molar-refractivity contribution in [2.45, 2.75) is 6.10 Å². The van der Waals surface area contributed by atoms with Gasteiger partial charge < -0.3 is 0 Å². The lowest BCUT2D eigenvalue weighted by atomic mass is 10.1. The van der Waals surface area contributed by atoms with Crippen molar-refractivity contribution in [2.75, 3.05) is 14.2 Å². The highest BCUT2D eigenvalue weighted by molar-refractivity contribution is 7.48. The molecule has 0 spiro atoms. The number of carbonyl (C=O) groups is 1. The molecule has 0 saturated carbocycles. The first kappa shape index (κ1) is 16.1. The van der Waals surface area contributed by atoms with Crippen LogP contribution in [-0.4, -0.2) is 20.0 Å². The van der Waals surface area contributed by atoms with Crippen LogP contribution in [0.25, 0.3) is 0 Å². The molecule has 5 nitrogen and oxygen atoms in total. The summed E-state index contributed by atoms with van der Waals surface area (Å²) in [6, 6.07) is 12.2. The Kier molecular flexibility index (Phi) is 5.45. The maximum absolute atomic E-state index is 12.6. The van der Waals surface area contributed by atoms with Crippen LogP contribution >= 0.6 is 19.2 Å². The van der Waals surface area contributed by atoms with Crippen LogP contribution < -0.4 is 0 Å². The van der Waals surface area contributed by atoms with Gasteiger partial charge in [-0.3, -0.25) is 18.4 Å². The number of benzene rings is 1. The van der Waals surface area contributed by atoms with Gasteiger partial charge in [0.1, 0.15) is 0 Å². The molecule has 0 aliphatic carbocycles. The van der Waals surface area contributed by atoms with Crippen molar-refractivity contribution in [1.29, 1.82) is 0 Å². The molecule has 0 aliphatic rings. The smallest absolute Gasteiger partial charge is 0.291 e. The van der Waals surface area contributed by atoms with E-state index in [2.05, 4.69) is 0 Å². The van der Waals surface area contributed by atoms with Crippen molar-refractivity contribution >= 4 is 24.9 Å². The molecule has 2 aromatic rings. The predicted molar refractivity (Wildman–Crippen MR) is 80.5 cm³/mol. The highest BCUT2D eigenvalue weighted by atomic mass is 32.1. The van der Waals surface area contributed by atoms with Crippen LogP contribution in [0.3, 0.4) is 0 Å². The second-order valence-corrected chi connectivity index (χ2v) is 6.86. The van der Waals surface area contributed by atoms with Gasteiger partial charge in [-0.2, -0.15) is 0 Å². The van der Waals surface area contributed by atoms with Gasteiger partial charge >= 0.3 is 7.82 Å². The monoisotopic (exact) mass is 326 g/mol. The normalized spacial score (nSPS) is 13.0. The molecule has 0 radical (unpaired) electrons. The van der Waals surface area contributed by atoms with Crippen LogP contribution in [-0.2, 0) is 18.1 Å². The number of hydrogen-bond acceptors (Lipinski definition) is 6. The molecule has 0 aliphatic heterocycles. The van der Waals surface area contributed by atoms with Crippen LogP contribution in [0.2, 0.25) is 0 Å². The van der Waals surface area contributed by atoms with E-state index in [4.69, 9.17) is 13.6 Å². The lowest BCUT2D eigenvalue weighted by Gasteiger charge is -2.20. The van der Waals surface area contributed by atoms with Gasteiger partial charge in [-0.1, -0.05) is 36.4 Å². The van der Waals surface area contributed by atoms with E-state index in [-0.39, 0.29) is 5.78 Å². The third-order valence-electron chi connectivity index (χ3n) is 2.78. The summed E-state index contributed by atoms with van der Waals surface area (Å²) in [5.41, 5.74) is 0.467. The molecule has 0 bridgehead atoms. The SMILES string of the molecule is COP(=O)(OC)OC(C(=O)c1ccccc1)c1cccs1. The minimum atomic E-state index is -3.77. The van der Waals surface area contributed by atoms with Crippen LogP contribution in [0.5, 0.6) is 0 Å². The Labute approximate surface area is 127 Å². The number of hydrogen-bond donors (Lipinski definition) is 0. The van der Waals surface area contributed by atoms with Crippen molar-refractivity contribution < 1.29 is 22.9 Å². The summed E-state index contributed by atoms with van der Waals surface area (Å²) in [6.07, 6.45) is -1.03. The first-order valence-corrected chi connectivity index (χ1v) is 8.46. The number of phosphoric ester groups is 1.